The van der Waals surface area contributed by atoms with Crippen molar-refractivity contribution in [1.29, 1.82) is 0 Å². The summed E-state index contributed by atoms with van der Waals surface area (Å²) in [5, 5.41) is 3.21. The molecule has 0 radical (unpaired) electrons. The average molecular weight is 357 g/mol. The molecule has 0 bridgehead atoms. The predicted octanol–water partition coefficient (Wildman–Crippen LogP) is 1.29. The van der Waals surface area contributed by atoms with Gasteiger partial charge in [0.2, 0.25) is 0 Å². The molecule has 2 aromatic rings. The normalized spacial score (nSPS) is 11.6. The van der Waals surface area contributed by atoms with Crippen LogP contribution in [0.1, 0.15) is 48.5 Å². The van der Waals surface area contributed by atoms with E-state index in [1.165, 1.54) is 10.4 Å². The van der Waals surface area contributed by atoms with Crippen LogP contribution in [-0.4, -0.2) is 32.0 Å². The fraction of sp³-hybridized carbons (Fsp3) is 0.455. The van der Waals surface area contributed by atoms with E-state index in [4.69, 9.17) is 0 Å². The summed E-state index contributed by atoms with van der Waals surface area (Å²) in [5.74, 6) is 0. The van der Waals surface area contributed by atoms with Gasteiger partial charge in [0.25, 0.3) is 0 Å². The van der Waals surface area contributed by atoms with E-state index < -0.39 is 8.67 Å². The zero-order valence-corrected chi connectivity index (χ0v) is 19.0. The summed E-state index contributed by atoms with van der Waals surface area (Å²) < 4.78 is 0. The van der Waals surface area contributed by atoms with Gasteiger partial charge in [0.15, 0.2) is 0 Å². The maximum atomic E-state index is 2.74. The van der Waals surface area contributed by atoms with E-state index in [1.54, 1.807) is 0 Å². The van der Waals surface area contributed by atoms with Crippen molar-refractivity contribution in [1.82, 2.24) is 4.81 Å². The van der Waals surface area contributed by atoms with Crippen molar-refractivity contribution in [2.75, 3.05) is 0 Å². The molecular weight excluding hydrogens is 324 g/mol. The number of rotatable bonds is 6. The minimum absolute atomic E-state index is 0. The van der Waals surface area contributed by atoms with Gasteiger partial charge in [-0.3, -0.25) is 8.67 Å². The average Bonchev–Trinajstić information content (AvgIpc) is 2.54. The maximum absolute atomic E-state index is 2.74. The van der Waals surface area contributed by atoms with Crippen molar-refractivity contribution in [2.45, 2.75) is 65.9 Å². The van der Waals surface area contributed by atoms with Gasteiger partial charge in [-0.15, -0.1) is 0 Å². The van der Waals surface area contributed by atoms with Gasteiger partial charge in [0.1, 0.15) is 0 Å². The first-order valence-corrected chi connectivity index (χ1v) is 11.1. The van der Waals surface area contributed by atoms with E-state index in [-0.39, 0.29) is 24.2 Å². The molecule has 1 nitrogen and oxygen atoms in total. The van der Waals surface area contributed by atoms with Gasteiger partial charge in [-0.25, -0.2) is 0 Å². The van der Waals surface area contributed by atoms with Crippen LogP contribution < -0.4 is 29.2 Å². The van der Waals surface area contributed by atoms with Crippen molar-refractivity contribution in [3.63, 3.8) is 0 Å². The molecule has 0 N–H and O–H groups in total. The molecule has 0 saturated heterocycles. The van der Waals surface area contributed by atoms with E-state index in [0.29, 0.717) is 18.5 Å². The Bertz CT molecular complexity index is 593. The fourth-order valence-electron chi connectivity index (χ4n) is 3.94. The summed E-state index contributed by atoms with van der Waals surface area (Å²) in [6, 6.07) is 23.4. The molecule has 134 valence electrons. The first-order chi connectivity index (χ1) is 11.7. The third-order valence-corrected chi connectivity index (χ3v) is 8.38. The van der Waals surface area contributed by atoms with Crippen LogP contribution in [0.3, 0.4) is 0 Å². The van der Waals surface area contributed by atoms with Crippen LogP contribution in [0, 0.1) is 0 Å². The SMILES string of the molecule is CC(C)N(B([Si-](c1ccccc1)c1ccccc1)C(C)(C)C)C(C)C.[Li+]. The van der Waals surface area contributed by atoms with Crippen LogP contribution in [0.2, 0.25) is 5.31 Å². The summed E-state index contributed by atoms with van der Waals surface area (Å²) in [4.78, 5) is 2.74. The van der Waals surface area contributed by atoms with Gasteiger partial charge in [-0.2, -0.15) is 10.4 Å². The molecule has 0 aliphatic heterocycles. The molecule has 0 heterocycles. The third kappa shape index (κ3) is 5.64. The Morgan fingerprint density at radius 2 is 1.08 bits per heavy atom. The fourth-order valence-corrected chi connectivity index (χ4v) is 7.77. The van der Waals surface area contributed by atoms with Crippen LogP contribution in [0.15, 0.2) is 60.7 Å². The molecule has 0 aliphatic carbocycles. The first kappa shape index (κ1) is 23.3. The molecule has 2 aromatic carbocycles. The largest absolute Gasteiger partial charge is 1.00 e. The number of hydrogen-bond acceptors (Lipinski definition) is 1. The summed E-state index contributed by atoms with van der Waals surface area (Å²) >= 11 is 0. The minimum atomic E-state index is -0.958. The van der Waals surface area contributed by atoms with E-state index in [9.17, 15) is 0 Å². The molecule has 4 heteroatoms. The molecule has 0 spiro atoms. The van der Waals surface area contributed by atoms with Crippen molar-refractivity contribution >= 4 is 25.5 Å². The first-order valence-electron chi connectivity index (χ1n) is 9.48. The second-order valence-electron chi connectivity index (χ2n) is 8.55. The molecular formula is C22H33BLiNSi. The number of benzene rings is 2. The van der Waals surface area contributed by atoms with Gasteiger partial charge < -0.3 is 4.81 Å². The van der Waals surface area contributed by atoms with Crippen LogP contribution >= 0.6 is 0 Å². The molecule has 0 fully saturated rings. The van der Waals surface area contributed by atoms with Gasteiger partial charge in [-0.1, -0.05) is 114 Å². The smallest absolute Gasteiger partial charge is 0.369 e. The maximum Gasteiger partial charge on any atom is 1.00 e. The Morgan fingerprint density at radius 3 is 1.35 bits per heavy atom. The van der Waals surface area contributed by atoms with Gasteiger partial charge in [0.05, 0.1) is 6.44 Å². The summed E-state index contributed by atoms with van der Waals surface area (Å²) in [6.45, 7) is 16.6. The van der Waals surface area contributed by atoms with E-state index in [0.717, 1.165) is 0 Å². The molecule has 0 unspecified atom stereocenters. The summed E-state index contributed by atoms with van der Waals surface area (Å²) in [7, 11) is -0.958. The van der Waals surface area contributed by atoms with Crippen LogP contribution in [0.4, 0.5) is 0 Å². The van der Waals surface area contributed by atoms with E-state index >= 15 is 0 Å². The predicted molar refractivity (Wildman–Crippen MR) is 115 cm³/mol. The molecule has 0 aliphatic rings. The molecule has 0 saturated carbocycles. The monoisotopic (exact) mass is 357 g/mol. The second kappa shape index (κ2) is 10.00. The molecule has 0 atom stereocenters. The van der Waals surface area contributed by atoms with Gasteiger partial charge >= 0.3 is 18.9 Å². The van der Waals surface area contributed by atoms with E-state index in [2.05, 4.69) is 114 Å². The molecule has 0 aromatic heterocycles. The number of hydrogen-bond donors (Lipinski definition) is 0. The number of nitrogens with zero attached hydrogens (tertiary/aromatic N) is 1. The zero-order chi connectivity index (χ0) is 18.6. The van der Waals surface area contributed by atoms with Crippen molar-refractivity contribution in [3.05, 3.63) is 60.7 Å². The Labute approximate surface area is 175 Å². The van der Waals surface area contributed by atoms with Gasteiger partial charge in [-0.05, 0) is 12.1 Å². The Kier molecular flexibility index (Phi) is 8.97. The van der Waals surface area contributed by atoms with Crippen LogP contribution in [-0.2, 0) is 0 Å². The van der Waals surface area contributed by atoms with Gasteiger partial charge in [0, 0.05) is 0 Å². The second-order valence-corrected chi connectivity index (χ2v) is 11.1. The van der Waals surface area contributed by atoms with Crippen molar-refractivity contribution in [3.8, 4) is 0 Å². The Morgan fingerprint density at radius 1 is 0.731 bits per heavy atom. The molecule has 26 heavy (non-hydrogen) atoms. The topological polar surface area (TPSA) is 3.24 Å². The standard InChI is InChI=1S/C22H33BNSi.Li/c1-18(2)24(19(3)4)23(22(5,6)7)25(20-14-10-8-11-15-20)21-16-12-9-13-17-21;/h8-19H,1-7H3;/q-1;+1. The third-order valence-electron chi connectivity index (χ3n) is 4.75. The summed E-state index contributed by atoms with van der Waals surface area (Å²) in [5.41, 5.74) is 0. The molecule has 2 rings (SSSR count). The molecule has 0 amide bonds. The Hall–Kier alpha value is -0.721. The minimum Gasteiger partial charge on any atom is -0.369 e. The van der Waals surface area contributed by atoms with Crippen molar-refractivity contribution < 1.29 is 18.9 Å². The zero-order valence-electron chi connectivity index (χ0n) is 18.0. The Balaban J connectivity index is 0.00000338. The summed E-state index contributed by atoms with van der Waals surface area (Å²) in [6.07, 6.45) is 0.516. The van der Waals surface area contributed by atoms with Crippen molar-refractivity contribution in [2.24, 2.45) is 0 Å². The quantitative estimate of drug-likeness (QED) is 0.705. The van der Waals surface area contributed by atoms with E-state index in [1.807, 2.05) is 0 Å². The van der Waals surface area contributed by atoms with Crippen LogP contribution in [0.5, 0.6) is 0 Å². The van der Waals surface area contributed by atoms with Crippen LogP contribution in [0.25, 0.3) is 0 Å².